The first-order valence-corrected chi connectivity index (χ1v) is 10.8. The molecule has 5 nitrogen and oxygen atoms in total. The minimum atomic E-state index is -0.346. The molecular weight excluding hydrogens is 403 g/mol. The SMILES string of the molecule is C=C(OC)N(C)c1cccc(CSc2cc(F)cc(O/N=C\C3CCOCC3)c2)c1. The summed E-state index contributed by atoms with van der Waals surface area (Å²) in [6.07, 6.45) is 3.66. The lowest BCUT2D eigenvalue weighted by molar-refractivity contribution is 0.0833. The van der Waals surface area contributed by atoms with Crippen molar-refractivity contribution < 1.29 is 18.7 Å². The van der Waals surface area contributed by atoms with Gasteiger partial charge in [-0.25, -0.2) is 4.39 Å². The largest absolute Gasteiger partial charge is 0.483 e. The Kier molecular flexibility index (Phi) is 8.16. The highest BCUT2D eigenvalue weighted by atomic mass is 32.2. The first-order valence-electron chi connectivity index (χ1n) is 9.82. The molecule has 3 rings (SSSR count). The lowest BCUT2D eigenvalue weighted by Gasteiger charge is -2.20. The zero-order valence-electron chi connectivity index (χ0n) is 17.3. The van der Waals surface area contributed by atoms with Crippen LogP contribution in [0.15, 0.2) is 65.0 Å². The lowest BCUT2D eigenvalue weighted by atomic mass is 10.0. The molecule has 0 spiro atoms. The van der Waals surface area contributed by atoms with Crippen molar-refractivity contribution >= 4 is 23.7 Å². The maximum Gasteiger partial charge on any atom is 0.185 e. The van der Waals surface area contributed by atoms with Crippen molar-refractivity contribution in [3.8, 4) is 5.75 Å². The van der Waals surface area contributed by atoms with Crippen molar-refractivity contribution in [1.82, 2.24) is 0 Å². The Hall–Kier alpha value is -2.51. The van der Waals surface area contributed by atoms with E-state index in [1.54, 1.807) is 19.4 Å². The summed E-state index contributed by atoms with van der Waals surface area (Å²) in [5.41, 5.74) is 2.09. The van der Waals surface area contributed by atoms with Gasteiger partial charge < -0.3 is 19.2 Å². The van der Waals surface area contributed by atoms with Crippen LogP contribution in [-0.2, 0) is 15.2 Å². The Morgan fingerprint density at radius 1 is 1.30 bits per heavy atom. The van der Waals surface area contributed by atoms with Crippen LogP contribution in [0.1, 0.15) is 18.4 Å². The summed E-state index contributed by atoms with van der Waals surface area (Å²) in [4.78, 5) is 8.07. The van der Waals surface area contributed by atoms with Crippen LogP contribution < -0.4 is 9.74 Å². The van der Waals surface area contributed by atoms with Crippen molar-refractivity contribution in [2.24, 2.45) is 11.1 Å². The van der Waals surface area contributed by atoms with Crippen LogP contribution in [0, 0.1) is 11.7 Å². The van der Waals surface area contributed by atoms with Crippen molar-refractivity contribution in [1.29, 1.82) is 0 Å². The molecule has 1 heterocycles. The molecule has 0 N–H and O–H groups in total. The number of rotatable bonds is 9. The molecule has 1 saturated heterocycles. The van der Waals surface area contributed by atoms with E-state index in [1.165, 1.54) is 23.9 Å². The number of oxime groups is 1. The van der Waals surface area contributed by atoms with Crippen molar-refractivity contribution in [3.63, 3.8) is 0 Å². The van der Waals surface area contributed by atoms with E-state index in [0.29, 0.717) is 23.3 Å². The zero-order chi connectivity index (χ0) is 21.3. The van der Waals surface area contributed by atoms with Crippen LogP contribution in [0.5, 0.6) is 5.75 Å². The van der Waals surface area contributed by atoms with E-state index in [0.717, 1.165) is 42.2 Å². The van der Waals surface area contributed by atoms with Gasteiger partial charge in [-0.2, -0.15) is 0 Å². The Morgan fingerprint density at radius 2 is 2.10 bits per heavy atom. The second-order valence-electron chi connectivity index (χ2n) is 7.03. The van der Waals surface area contributed by atoms with Gasteiger partial charge in [0.15, 0.2) is 11.6 Å². The normalized spacial score (nSPS) is 14.6. The number of hydrogen-bond donors (Lipinski definition) is 0. The summed E-state index contributed by atoms with van der Waals surface area (Å²) < 4.78 is 24.6. The van der Waals surface area contributed by atoms with Gasteiger partial charge in [0.2, 0.25) is 0 Å². The molecule has 1 aliphatic heterocycles. The van der Waals surface area contributed by atoms with Crippen LogP contribution in [0.25, 0.3) is 0 Å². The maximum atomic E-state index is 14.0. The first-order chi connectivity index (χ1) is 14.5. The van der Waals surface area contributed by atoms with Crippen LogP contribution in [0.2, 0.25) is 0 Å². The molecule has 1 aliphatic rings. The minimum Gasteiger partial charge on any atom is -0.483 e. The van der Waals surface area contributed by atoms with E-state index in [2.05, 4.69) is 17.8 Å². The van der Waals surface area contributed by atoms with Crippen LogP contribution in [0.3, 0.4) is 0 Å². The molecule has 160 valence electrons. The third-order valence-corrected chi connectivity index (χ3v) is 5.90. The maximum absolute atomic E-state index is 14.0. The molecule has 30 heavy (non-hydrogen) atoms. The number of halogens is 1. The van der Waals surface area contributed by atoms with Gasteiger partial charge in [0, 0.05) is 54.8 Å². The average Bonchev–Trinajstić information content (AvgIpc) is 2.77. The molecule has 1 fully saturated rings. The first kappa shape index (κ1) is 22.2. The zero-order valence-corrected chi connectivity index (χ0v) is 18.2. The van der Waals surface area contributed by atoms with Gasteiger partial charge in [-0.3, -0.25) is 0 Å². The second-order valence-corrected chi connectivity index (χ2v) is 8.08. The van der Waals surface area contributed by atoms with E-state index < -0.39 is 0 Å². The monoisotopic (exact) mass is 430 g/mol. The standard InChI is InChI=1S/C23H27FN2O3S/c1-17(27-3)26(2)21-6-4-5-19(11-21)16-30-23-13-20(24)12-22(14-23)29-25-15-18-7-9-28-10-8-18/h4-6,11-15,18H,1,7-10,16H2,2-3H3/b25-15-. The number of nitrogens with zero attached hydrogens (tertiary/aromatic N) is 2. The molecule has 0 aromatic heterocycles. The van der Waals surface area contributed by atoms with E-state index in [-0.39, 0.29) is 5.82 Å². The smallest absolute Gasteiger partial charge is 0.185 e. The molecule has 0 radical (unpaired) electrons. The number of benzene rings is 2. The third kappa shape index (κ3) is 6.50. The molecule has 0 bridgehead atoms. The van der Waals surface area contributed by atoms with Crippen LogP contribution >= 0.6 is 11.8 Å². The van der Waals surface area contributed by atoms with Crippen molar-refractivity contribution in [2.45, 2.75) is 23.5 Å². The van der Waals surface area contributed by atoms with Gasteiger partial charge >= 0.3 is 0 Å². The summed E-state index contributed by atoms with van der Waals surface area (Å²) in [6.45, 7) is 5.36. The van der Waals surface area contributed by atoms with E-state index >= 15 is 0 Å². The highest BCUT2D eigenvalue weighted by molar-refractivity contribution is 7.98. The molecule has 0 unspecified atom stereocenters. The van der Waals surface area contributed by atoms with Gasteiger partial charge in [-0.1, -0.05) is 17.3 Å². The topological polar surface area (TPSA) is 43.3 Å². The number of methoxy groups -OCH3 is 1. The highest BCUT2D eigenvalue weighted by Crippen LogP contribution is 2.29. The quantitative estimate of drug-likeness (QED) is 0.229. The molecule has 2 aromatic rings. The van der Waals surface area contributed by atoms with E-state index in [1.807, 2.05) is 30.1 Å². The molecule has 2 aromatic carbocycles. The van der Waals surface area contributed by atoms with E-state index in [9.17, 15) is 4.39 Å². The molecule has 0 atom stereocenters. The molecule has 0 saturated carbocycles. The summed E-state index contributed by atoms with van der Waals surface area (Å²) in [5, 5.41) is 4.04. The number of thioether (sulfide) groups is 1. The van der Waals surface area contributed by atoms with Crippen molar-refractivity contribution in [2.75, 3.05) is 32.3 Å². The van der Waals surface area contributed by atoms with Crippen molar-refractivity contribution in [3.05, 3.63) is 66.3 Å². The predicted octanol–water partition coefficient (Wildman–Crippen LogP) is 5.46. The number of anilines is 1. The van der Waals surface area contributed by atoms with Crippen LogP contribution in [0.4, 0.5) is 10.1 Å². The summed E-state index contributed by atoms with van der Waals surface area (Å²) >= 11 is 1.54. The fraction of sp³-hybridized carbons (Fsp3) is 0.348. The molecular formula is C23H27FN2O3S. The molecule has 0 aliphatic carbocycles. The minimum absolute atomic E-state index is 0.346. The van der Waals surface area contributed by atoms with Gasteiger partial charge in [-0.15, -0.1) is 11.8 Å². The number of ether oxygens (including phenoxy) is 2. The van der Waals surface area contributed by atoms with Gasteiger partial charge in [-0.05, 0) is 49.2 Å². The molecule has 7 heteroatoms. The van der Waals surface area contributed by atoms with E-state index in [4.69, 9.17) is 14.3 Å². The Morgan fingerprint density at radius 3 is 2.87 bits per heavy atom. The number of hydrogen-bond acceptors (Lipinski definition) is 6. The second kappa shape index (κ2) is 11.0. The highest BCUT2D eigenvalue weighted by Gasteiger charge is 2.11. The van der Waals surface area contributed by atoms with Gasteiger partial charge in [0.25, 0.3) is 0 Å². The fourth-order valence-electron chi connectivity index (χ4n) is 3.02. The van der Waals surface area contributed by atoms with Gasteiger partial charge in [0.1, 0.15) is 5.82 Å². The molecule has 0 amide bonds. The Labute approximate surface area is 181 Å². The summed E-state index contributed by atoms with van der Waals surface area (Å²) in [5.74, 6) is 1.65. The lowest BCUT2D eigenvalue weighted by Crippen LogP contribution is -2.16. The average molecular weight is 431 g/mol. The Bertz CT molecular complexity index is 885. The summed E-state index contributed by atoms with van der Waals surface area (Å²) in [7, 11) is 3.49. The van der Waals surface area contributed by atoms with Gasteiger partial charge in [0.05, 0.1) is 7.11 Å². The van der Waals surface area contributed by atoms with Crippen LogP contribution in [-0.4, -0.2) is 33.6 Å². The summed E-state index contributed by atoms with van der Waals surface area (Å²) in [6, 6.07) is 12.7. The predicted molar refractivity (Wildman–Crippen MR) is 120 cm³/mol. The third-order valence-electron chi connectivity index (χ3n) is 4.85. The fourth-order valence-corrected chi connectivity index (χ4v) is 3.93. The Balaban J connectivity index is 1.60.